The summed E-state index contributed by atoms with van der Waals surface area (Å²) in [7, 11) is 0. The Morgan fingerprint density at radius 1 is 1.37 bits per heavy atom. The van der Waals surface area contributed by atoms with Crippen molar-refractivity contribution in [3.8, 4) is 0 Å². The van der Waals surface area contributed by atoms with Crippen molar-refractivity contribution in [2.24, 2.45) is 17.6 Å². The van der Waals surface area contributed by atoms with E-state index in [4.69, 9.17) is 10.5 Å². The monoisotopic (exact) mass is 270 g/mol. The number of amides is 3. The Morgan fingerprint density at radius 3 is 2.68 bits per heavy atom. The van der Waals surface area contributed by atoms with E-state index in [0.29, 0.717) is 25.4 Å². The number of hydrogen-bond acceptors (Lipinski definition) is 3. The van der Waals surface area contributed by atoms with Crippen LogP contribution in [0.1, 0.15) is 26.2 Å². The predicted molar refractivity (Wildman–Crippen MR) is 72.2 cm³/mol. The summed E-state index contributed by atoms with van der Waals surface area (Å²) in [6.45, 7) is 4.59. The first-order valence-electron chi connectivity index (χ1n) is 6.79. The largest absolute Gasteiger partial charge is 0.381 e. The van der Waals surface area contributed by atoms with Gasteiger partial charge in [0.25, 0.3) is 0 Å². The highest BCUT2D eigenvalue weighted by Crippen LogP contribution is 2.12. The van der Waals surface area contributed by atoms with E-state index in [1.807, 2.05) is 13.3 Å². The van der Waals surface area contributed by atoms with Gasteiger partial charge in [0.05, 0.1) is 0 Å². The Labute approximate surface area is 114 Å². The molecule has 0 aliphatic carbocycles. The normalized spacial score (nSPS) is 17.7. The molecule has 0 unspecified atom stereocenters. The number of nitrogens with two attached hydrogens (primary N) is 1. The van der Waals surface area contributed by atoms with Crippen molar-refractivity contribution in [3.63, 3.8) is 0 Å². The fourth-order valence-electron chi connectivity index (χ4n) is 2.00. The van der Waals surface area contributed by atoms with Gasteiger partial charge >= 0.3 is 6.03 Å². The number of ether oxygens (including phenoxy) is 1. The van der Waals surface area contributed by atoms with Gasteiger partial charge in [0.15, 0.2) is 0 Å². The fraction of sp³-hybridized carbons (Fsp3) is 0.769. The van der Waals surface area contributed by atoms with Crippen molar-refractivity contribution in [2.75, 3.05) is 26.3 Å². The number of primary amides is 1. The Kier molecular flexibility index (Phi) is 7.25. The topological polar surface area (TPSA) is 93.4 Å². The van der Waals surface area contributed by atoms with Crippen LogP contribution in [0, 0.1) is 18.3 Å². The molecule has 3 amide bonds. The summed E-state index contributed by atoms with van der Waals surface area (Å²) >= 11 is 0. The quantitative estimate of drug-likeness (QED) is 0.626. The minimum absolute atomic E-state index is 0.0771. The summed E-state index contributed by atoms with van der Waals surface area (Å²) in [5.41, 5.74) is 5.09. The Bertz CT molecular complexity index is 291. The van der Waals surface area contributed by atoms with Crippen molar-refractivity contribution in [1.82, 2.24) is 10.6 Å². The van der Waals surface area contributed by atoms with Crippen molar-refractivity contribution in [1.29, 1.82) is 0 Å². The van der Waals surface area contributed by atoms with E-state index < -0.39 is 0 Å². The average molecular weight is 270 g/mol. The molecule has 1 saturated heterocycles. The van der Waals surface area contributed by atoms with Gasteiger partial charge in [0.1, 0.15) is 0 Å². The molecule has 1 aliphatic rings. The van der Waals surface area contributed by atoms with Crippen molar-refractivity contribution in [2.45, 2.75) is 26.2 Å². The maximum atomic E-state index is 11.5. The molecule has 19 heavy (non-hydrogen) atoms. The first kappa shape index (κ1) is 15.8. The third-order valence-electron chi connectivity index (χ3n) is 3.20. The molecule has 0 aromatic carbocycles. The molecule has 0 saturated carbocycles. The van der Waals surface area contributed by atoms with Crippen LogP contribution in [0.5, 0.6) is 0 Å². The zero-order chi connectivity index (χ0) is 14.1. The number of hydrogen-bond donors (Lipinski definition) is 3. The third-order valence-corrected chi connectivity index (χ3v) is 3.20. The van der Waals surface area contributed by atoms with Gasteiger partial charge in [-0.15, -0.1) is 0 Å². The SMILES string of the molecule is C[C@@H]([CH]CNC(=O)NCC1CCOCC1)CC(N)=O. The van der Waals surface area contributed by atoms with Gasteiger partial charge in [0, 0.05) is 32.7 Å². The van der Waals surface area contributed by atoms with Gasteiger partial charge in [-0.2, -0.15) is 0 Å². The second kappa shape index (κ2) is 8.74. The molecule has 6 heteroatoms. The minimum Gasteiger partial charge on any atom is -0.381 e. The van der Waals surface area contributed by atoms with Crippen LogP contribution in [-0.4, -0.2) is 38.2 Å². The molecule has 0 aromatic rings. The van der Waals surface area contributed by atoms with E-state index in [9.17, 15) is 9.59 Å². The molecular formula is C13H24N3O3. The highest BCUT2D eigenvalue weighted by atomic mass is 16.5. The summed E-state index contributed by atoms with van der Waals surface area (Å²) < 4.78 is 5.26. The highest BCUT2D eigenvalue weighted by molar-refractivity contribution is 5.74. The number of rotatable bonds is 7. The van der Waals surface area contributed by atoms with Crippen LogP contribution in [0.3, 0.4) is 0 Å². The summed E-state index contributed by atoms with van der Waals surface area (Å²) in [6, 6.07) is -0.172. The molecule has 1 heterocycles. The maximum Gasteiger partial charge on any atom is 0.314 e. The Morgan fingerprint density at radius 2 is 2.05 bits per heavy atom. The zero-order valence-electron chi connectivity index (χ0n) is 11.5. The molecule has 1 fully saturated rings. The highest BCUT2D eigenvalue weighted by Gasteiger charge is 2.14. The van der Waals surface area contributed by atoms with Gasteiger partial charge < -0.3 is 21.1 Å². The van der Waals surface area contributed by atoms with Crippen LogP contribution in [0.25, 0.3) is 0 Å². The molecule has 0 spiro atoms. The van der Waals surface area contributed by atoms with E-state index >= 15 is 0 Å². The van der Waals surface area contributed by atoms with Crippen LogP contribution in [0.2, 0.25) is 0 Å². The van der Waals surface area contributed by atoms with Gasteiger partial charge in [-0.1, -0.05) is 6.92 Å². The van der Waals surface area contributed by atoms with Crippen molar-refractivity contribution in [3.05, 3.63) is 6.42 Å². The van der Waals surface area contributed by atoms with Gasteiger partial charge in [-0.25, -0.2) is 4.79 Å². The Hall–Kier alpha value is -1.30. The number of nitrogens with one attached hydrogen (secondary N) is 2. The molecule has 0 aromatic heterocycles. The number of carbonyl (C=O) groups is 2. The molecule has 1 radical (unpaired) electrons. The minimum atomic E-state index is -0.326. The summed E-state index contributed by atoms with van der Waals surface area (Å²) in [4.78, 5) is 22.2. The Balaban J connectivity index is 2.02. The smallest absolute Gasteiger partial charge is 0.314 e. The van der Waals surface area contributed by atoms with Crippen molar-refractivity contribution >= 4 is 11.9 Å². The number of carbonyl (C=O) groups excluding carboxylic acids is 2. The van der Waals surface area contributed by atoms with Crippen LogP contribution in [0.15, 0.2) is 0 Å². The maximum absolute atomic E-state index is 11.5. The molecule has 4 N–H and O–H groups in total. The molecule has 1 aliphatic heterocycles. The molecular weight excluding hydrogens is 246 g/mol. The molecule has 1 atom stereocenters. The van der Waals surface area contributed by atoms with Gasteiger partial charge in [-0.3, -0.25) is 4.79 Å². The number of urea groups is 1. The third kappa shape index (κ3) is 7.66. The average Bonchev–Trinajstić information content (AvgIpc) is 2.36. The van der Waals surface area contributed by atoms with E-state index in [0.717, 1.165) is 26.1 Å². The summed E-state index contributed by atoms with van der Waals surface area (Å²) in [5.74, 6) is 0.262. The lowest BCUT2D eigenvalue weighted by molar-refractivity contribution is -0.118. The standard InChI is InChI=1S/C13H24N3O3/c1-10(8-12(14)17)2-5-15-13(18)16-9-11-3-6-19-7-4-11/h2,10-11H,3-9H2,1H3,(H2,14,17)(H2,15,16,18)/t10-/m0/s1. The fourth-order valence-corrected chi connectivity index (χ4v) is 2.00. The second-order valence-electron chi connectivity index (χ2n) is 5.03. The molecule has 6 nitrogen and oxygen atoms in total. The van der Waals surface area contributed by atoms with E-state index in [1.54, 1.807) is 0 Å². The molecule has 0 bridgehead atoms. The lowest BCUT2D eigenvalue weighted by Crippen LogP contribution is -2.40. The van der Waals surface area contributed by atoms with Crippen LogP contribution < -0.4 is 16.4 Å². The predicted octanol–water partition coefficient (Wildman–Crippen LogP) is 0.428. The molecule has 109 valence electrons. The lowest BCUT2D eigenvalue weighted by Gasteiger charge is -2.22. The first-order valence-corrected chi connectivity index (χ1v) is 6.79. The van der Waals surface area contributed by atoms with Crippen LogP contribution in [-0.2, 0) is 9.53 Å². The van der Waals surface area contributed by atoms with E-state index in [2.05, 4.69) is 10.6 Å². The van der Waals surface area contributed by atoms with Gasteiger partial charge in [0.2, 0.25) is 5.91 Å². The van der Waals surface area contributed by atoms with E-state index in [-0.39, 0.29) is 17.9 Å². The van der Waals surface area contributed by atoms with E-state index in [1.165, 1.54) is 0 Å². The van der Waals surface area contributed by atoms with Crippen molar-refractivity contribution < 1.29 is 14.3 Å². The summed E-state index contributed by atoms with van der Waals surface area (Å²) in [5, 5.41) is 5.59. The first-order chi connectivity index (χ1) is 9.08. The van der Waals surface area contributed by atoms with Crippen LogP contribution >= 0.6 is 0 Å². The molecule has 1 rings (SSSR count). The lowest BCUT2D eigenvalue weighted by atomic mass is 10.0. The van der Waals surface area contributed by atoms with Crippen LogP contribution in [0.4, 0.5) is 4.79 Å². The second-order valence-corrected chi connectivity index (χ2v) is 5.03. The van der Waals surface area contributed by atoms with Gasteiger partial charge in [-0.05, 0) is 31.1 Å². The summed E-state index contributed by atoms with van der Waals surface area (Å²) in [6.07, 6.45) is 4.19. The zero-order valence-corrected chi connectivity index (χ0v) is 11.5.